The number of aromatic nitrogens is 1. The van der Waals surface area contributed by atoms with Gasteiger partial charge in [0.15, 0.2) is 5.96 Å². The number of thiazole rings is 1. The number of aryl methyl sites for hydroxylation is 2. The van der Waals surface area contributed by atoms with Crippen molar-refractivity contribution in [2.45, 2.75) is 33.6 Å². The molecular formula is C26H31N5OS. The monoisotopic (exact) mass is 461 g/mol. The predicted molar refractivity (Wildman–Crippen MR) is 137 cm³/mol. The van der Waals surface area contributed by atoms with E-state index in [1.807, 2.05) is 38.2 Å². The number of nitrogens with one attached hydrogen (secondary N) is 2. The van der Waals surface area contributed by atoms with Crippen LogP contribution < -0.4 is 10.6 Å². The van der Waals surface area contributed by atoms with Crippen LogP contribution in [0.3, 0.4) is 0 Å². The number of rotatable bonds is 6. The second-order valence-corrected chi connectivity index (χ2v) is 9.37. The Morgan fingerprint density at radius 2 is 1.97 bits per heavy atom. The second-order valence-electron chi connectivity index (χ2n) is 8.43. The van der Waals surface area contributed by atoms with Crippen LogP contribution in [-0.4, -0.2) is 48.4 Å². The zero-order valence-corrected chi connectivity index (χ0v) is 20.6. The van der Waals surface area contributed by atoms with Gasteiger partial charge in [0.05, 0.1) is 10.7 Å². The fourth-order valence-electron chi connectivity index (χ4n) is 3.78. The Hall–Kier alpha value is -3.19. The molecule has 0 radical (unpaired) electrons. The summed E-state index contributed by atoms with van der Waals surface area (Å²) in [6.45, 7) is 8.76. The van der Waals surface area contributed by atoms with Crippen LogP contribution in [0.25, 0.3) is 11.3 Å². The molecule has 0 aliphatic carbocycles. The highest BCUT2D eigenvalue weighted by molar-refractivity contribution is 7.10. The van der Waals surface area contributed by atoms with Gasteiger partial charge in [-0.2, -0.15) is 0 Å². The van der Waals surface area contributed by atoms with Crippen LogP contribution in [0.5, 0.6) is 0 Å². The van der Waals surface area contributed by atoms with Crippen molar-refractivity contribution in [1.29, 1.82) is 0 Å². The average Bonchev–Trinajstić information content (AvgIpc) is 3.30. The third-order valence-corrected chi connectivity index (χ3v) is 6.82. The first-order valence-electron chi connectivity index (χ1n) is 11.4. The Morgan fingerprint density at radius 3 is 2.67 bits per heavy atom. The summed E-state index contributed by atoms with van der Waals surface area (Å²) in [5, 5.41) is 9.92. The molecule has 2 aromatic carbocycles. The molecule has 6 nitrogen and oxygen atoms in total. The van der Waals surface area contributed by atoms with Gasteiger partial charge in [-0.25, -0.2) is 4.98 Å². The molecule has 33 heavy (non-hydrogen) atoms. The fourth-order valence-corrected chi connectivity index (χ4v) is 4.61. The molecule has 0 unspecified atom stereocenters. The first-order chi connectivity index (χ1) is 15.9. The number of aliphatic imine (C=N–C) groups is 1. The van der Waals surface area contributed by atoms with E-state index < -0.39 is 0 Å². The molecular weight excluding hydrogens is 430 g/mol. The van der Waals surface area contributed by atoms with Crippen molar-refractivity contribution in [1.82, 2.24) is 15.2 Å². The topological polar surface area (TPSA) is 69.6 Å². The van der Waals surface area contributed by atoms with E-state index in [2.05, 4.69) is 47.0 Å². The van der Waals surface area contributed by atoms with Gasteiger partial charge in [-0.1, -0.05) is 18.2 Å². The maximum absolute atomic E-state index is 12.3. The van der Waals surface area contributed by atoms with E-state index in [4.69, 9.17) is 4.98 Å². The molecule has 0 atom stereocenters. The van der Waals surface area contributed by atoms with Crippen molar-refractivity contribution in [3.63, 3.8) is 0 Å². The van der Waals surface area contributed by atoms with Gasteiger partial charge < -0.3 is 15.5 Å². The van der Waals surface area contributed by atoms with Crippen LogP contribution in [0.2, 0.25) is 0 Å². The number of nitrogens with zero attached hydrogens (tertiary/aromatic N) is 3. The van der Waals surface area contributed by atoms with E-state index in [0.717, 1.165) is 53.8 Å². The number of hydrogen-bond donors (Lipinski definition) is 2. The van der Waals surface area contributed by atoms with E-state index in [0.29, 0.717) is 12.1 Å². The van der Waals surface area contributed by atoms with Crippen LogP contribution in [0, 0.1) is 13.8 Å². The third-order valence-electron chi connectivity index (χ3n) is 5.98. The lowest BCUT2D eigenvalue weighted by molar-refractivity contribution is 0.0802. The number of amides is 1. The Morgan fingerprint density at radius 1 is 1.18 bits per heavy atom. The molecule has 2 N–H and O–H groups in total. The van der Waals surface area contributed by atoms with Gasteiger partial charge in [-0.3, -0.25) is 9.79 Å². The highest BCUT2D eigenvalue weighted by Gasteiger charge is 2.13. The Bertz CT molecular complexity index is 1170. The van der Waals surface area contributed by atoms with Gasteiger partial charge in [0, 0.05) is 55.3 Å². The number of hydrogen-bond acceptors (Lipinski definition) is 6. The molecule has 0 saturated carbocycles. The molecule has 1 amide bonds. The summed E-state index contributed by atoms with van der Waals surface area (Å²) >= 11 is 1.67. The number of guanidine groups is 1. The van der Waals surface area contributed by atoms with Gasteiger partial charge in [0.25, 0.3) is 5.91 Å². The molecule has 172 valence electrons. The molecule has 1 aliphatic heterocycles. The maximum Gasteiger partial charge on any atom is 0.253 e. The van der Waals surface area contributed by atoms with Crippen molar-refractivity contribution in [2.24, 2.45) is 4.99 Å². The van der Waals surface area contributed by atoms with Crippen LogP contribution in [0.1, 0.15) is 45.4 Å². The highest BCUT2D eigenvalue weighted by atomic mass is 32.1. The van der Waals surface area contributed by atoms with E-state index in [-0.39, 0.29) is 5.91 Å². The number of carbonyl (C=O) groups excluding carboxylic acids is 1. The Balaban J connectivity index is 1.46. The van der Waals surface area contributed by atoms with Crippen LogP contribution in [-0.2, 0) is 6.42 Å². The predicted octanol–water partition coefficient (Wildman–Crippen LogP) is 4.87. The molecule has 3 aromatic rings. The van der Waals surface area contributed by atoms with Crippen molar-refractivity contribution in [3.8, 4) is 11.3 Å². The summed E-state index contributed by atoms with van der Waals surface area (Å²) in [7, 11) is 1.82. The van der Waals surface area contributed by atoms with Gasteiger partial charge >= 0.3 is 0 Å². The summed E-state index contributed by atoms with van der Waals surface area (Å²) in [5.74, 6) is 0.897. The first-order valence-corrected chi connectivity index (χ1v) is 12.3. The number of benzene rings is 2. The van der Waals surface area contributed by atoms with Gasteiger partial charge in [-0.15, -0.1) is 11.3 Å². The lowest BCUT2D eigenvalue weighted by atomic mass is 10.0. The summed E-state index contributed by atoms with van der Waals surface area (Å²) in [6.07, 6.45) is 1.88. The molecule has 2 heterocycles. The molecule has 1 aromatic heterocycles. The lowest BCUT2D eigenvalue weighted by Crippen LogP contribution is -2.35. The zero-order valence-electron chi connectivity index (χ0n) is 19.7. The van der Waals surface area contributed by atoms with Crippen LogP contribution >= 0.6 is 11.3 Å². The minimum Gasteiger partial charge on any atom is -0.356 e. The zero-order chi connectivity index (χ0) is 23.4. The molecule has 0 saturated heterocycles. The van der Waals surface area contributed by atoms with Gasteiger partial charge in [-0.05, 0) is 62.1 Å². The third kappa shape index (κ3) is 5.42. The second kappa shape index (κ2) is 10.2. The van der Waals surface area contributed by atoms with Crippen molar-refractivity contribution >= 4 is 28.9 Å². The molecule has 7 heteroatoms. The van der Waals surface area contributed by atoms with Crippen molar-refractivity contribution in [3.05, 3.63) is 69.0 Å². The van der Waals surface area contributed by atoms with Crippen molar-refractivity contribution < 1.29 is 4.79 Å². The molecule has 0 spiro atoms. The smallest absolute Gasteiger partial charge is 0.253 e. The fraction of sp³-hybridized carbons (Fsp3) is 0.346. The lowest BCUT2D eigenvalue weighted by Gasteiger charge is -2.18. The Labute approximate surface area is 199 Å². The van der Waals surface area contributed by atoms with Gasteiger partial charge in [0.1, 0.15) is 0 Å². The maximum atomic E-state index is 12.3. The first kappa shape index (κ1) is 23.0. The van der Waals surface area contributed by atoms with E-state index in [9.17, 15) is 4.79 Å². The minimum absolute atomic E-state index is 0.0399. The molecule has 1 aliphatic rings. The van der Waals surface area contributed by atoms with Gasteiger partial charge in [0.2, 0.25) is 0 Å². The molecule has 4 rings (SSSR count). The number of anilines is 1. The van der Waals surface area contributed by atoms with Crippen molar-refractivity contribution in [2.75, 3.05) is 32.0 Å². The molecule has 0 bridgehead atoms. The van der Waals surface area contributed by atoms with Crippen LogP contribution in [0.15, 0.2) is 46.8 Å². The summed E-state index contributed by atoms with van der Waals surface area (Å²) < 4.78 is 0. The standard InChI is InChI=1S/C26H31N5OS/c1-5-31(4)25(32)20-9-7-19(8-10-20)23-16-33-24(29-23)15-21-13-18(3)22(14-17(21)2)30-26-27-11-6-12-28-26/h7-10,13-14,16H,5-6,11-12,15H2,1-4H3,(H2,27,28,30). The largest absolute Gasteiger partial charge is 0.356 e. The minimum atomic E-state index is 0.0399. The van der Waals surface area contributed by atoms with Crippen LogP contribution in [0.4, 0.5) is 5.69 Å². The summed E-state index contributed by atoms with van der Waals surface area (Å²) in [6, 6.07) is 12.2. The number of carbonyl (C=O) groups is 1. The quantitative estimate of drug-likeness (QED) is 0.549. The highest BCUT2D eigenvalue weighted by Crippen LogP contribution is 2.27. The Kier molecular flexibility index (Phi) is 7.08. The normalized spacial score (nSPS) is 13.3. The van der Waals surface area contributed by atoms with E-state index in [1.165, 1.54) is 16.7 Å². The molecule has 0 fully saturated rings. The van der Waals surface area contributed by atoms with E-state index >= 15 is 0 Å². The SMILES string of the molecule is CCN(C)C(=O)c1ccc(-c2csc(Cc3cc(C)c(NC4=NCCCN4)cc3C)n2)cc1. The summed E-state index contributed by atoms with van der Waals surface area (Å²) in [4.78, 5) is 23.4. The average molecular weight is 462 g/mol. The summed E-state index contributed by atoms with van der Waals surface area (Å²) in [5.41, 5.74) is 7.48. The van der Waals surface area contributed by atoms with E-state index in [1.54, 1.807) is 16.2 Å².